The lowest BCUT2D eigenvalue weighted by Gasteiger charge is -2.63. The smallest absolute Gasteiger partial charge is 0.320 e. The molecule has 6 heteroatoms. The number of hydrogen-bond donors (Lipinski definition) is 2. The van der Waals surface area contributed by atoms with Gasteiger partial charge in [-0.25, -0.2) is 9.48 Å². The Bertz CT molecular complexity index is 614. The van der Waals surface area contributed by atoms with Crippen molar-refractivity contribution in [2.24, 2.45) is 11.3 Å². The highest BCUT2D eigenvalue weighted by Gasteiger charge is 2.67. The Hall–Kier alpha value is -1.56. The summed E-state index contributed by atoms with van der Waals surface area (Å²) in [6, 6.07) is 1.97. The molecule has 1 aliphatic heterocycles. The highest BCUT2D eigenvalue weighted by atomic mass is 16.5. The van der Waals surface area contributed by atoms with Gasteiger partial charge in [0.25, 0.3) is 0 Å². The number of carbonyl (C=O) groups is 1. The zero-order valence-corrected chi connectivity index (χ0v) is 14.1. The molecule has 3 atom stereocenters. The largest absolute Gasteiger partial charge is 0.377 e. The number of urea groups is 1. The number of rotatable bonds is 2. The second-order valence-corrected chi connectivity index (χ2v) is 8.21. The van der Waals surface area contributed by atoms with Gasteiger partial charge >= 0.3 is 6.03 Å². The summed E-state index contributed by atoms with van der Waals surface area (Å²) in [4.78, 5) is 12.5. The van der Waals surface area contributed by atoms with Gasteiger partial charge in [0.1, 0.15) is 5.82 Å². The van der Waals surface area contributed by atoms with Crippen LogP contribution in [-0.4, -0.2) is 34.6 Å². The summed E-state index contributed by atoms with van der Waals surface area (Å²) in [5, 5.41) is 10.5. The van der Waals surface area contributed by atoms with Gasteiger partial charge in [0.2, 0.25) is 0 Å². The first-order valence-corrected chi connectivity index (χ1v) is 8.65. The van der Waals surface area contributed by atoms with E-state index in [4.69, 9.17) is 4.74 Å². The van der Waals surface area contributed by atoms with Crippen LogP contribution < -0.4 is 10.6 Å². The van der Waals surface area contributed by atoms with Crippen molar-refractivity contribution in [3.05, 3.63) is 12.3 Å². The van der Waals surface area contributed by atoms with Gasteiger partial charge in [-0.1, -0.05) is 6.42 Å². The minimum atomic E-state index is -0.165. The van der Waals surface area contributed by atoms with Gasteiger partial charge < -0.3 is 10.1 Å². The number of anilines is 1. The summed E-state index contributed by atoms with van der Waals surface area (Å²) in [6.45, 7) is 7.05. The molecule has 3 fully saturated rings. The Labute approximate surface area is 137 Å². The molecule has 2 saturated carbocycles. The number of nitrogens with zero attached hydrogens (tertiary/aromatic N) is 2. The zero-order valence-electron chi connectivity index (χ0n) is 14.1. The third kappa shape index (κ3) is 2.18. The van der Waals surface area contributed by atoms with E-state index in [9.17, 15) is 4.79 Å². The maximum absolute atomic E-state index is 12.5. The van der Waals surface area contributed by atoms with E-state index in [1.807, 2.05) is 10.7 Å². The Balaban J connectivity index is 1.44. The Kier molecular flexibility index (Phi) is 3.24. The first-order chi connectivity index (χ1) is 10.9. The van der Waals surface area contributed by atoms with Crippen LogP contribution >= 0.6 is 0 Å². The average molecular weight is 318 g/mol. The number of ether oxygens (including phenoxy) is 1. The molecule has 1 aromatic heterocycles. The van der Waals surface area contributed by atoms with Gasteiger partial charge in [-0.15, -0.1) is 0 Å². The monoisotopic (exact) mass is 318 g/mol. The van der Waals surface area contributed by atoms with Crippen LogP contribution in [-0.2, 0) is 10.3 Å². The molecule has 0 bridgehead atoms. The molecular weight excluding hydrogens is 292 g/mol. The summed E-state index contributed by atoms with van der Waals surface area (Å²) >= 11 is 0. The van der Waals surface area contributed by atoms with Crippen molar-refractivity contribution in [1.29, 1.82) is 0 Å². The van der Waals surface area contributed by atoms with Gasteiger partial charge in [-0.2, -0.15) is 5.10 Å². The van der Waals surface area contributed by atoms with Crippen LogP contribution in [0.3, 0.4) is 0 Å². The molecule has 0 unspecified atom stereocenters. The quantitative estimate of drug-likeness (QED) is 0.881. The fraction of sp³-hybridized carbons (Fsp3) is 0.765. The van der Waals surface area contributed by atoms with Crippen LogP contribution in [0.2, 0.25) is 0 Å². The molecule has 2 aliphatic carbocycles. The number of hydrogen-bond acceptors (Lipinski definition) is 3. The third-order valence-corrected chi connectivity index (χ3v) is 5.84. The Morgan fingerprint density at radius 2 is 2.22 bits per heavy atom. The van der Waals surface area contributed by atoms with Crippen LogP contribution in [0.1, 0.15) is 46.5 Å². The van der Waals surface area contributed by atoms with Crippen LogP contribution in [0.5, 0.6) is 0 Å². The normalized spacial score (nSPS) is 31.2. The van der Waals surface area contributed by atoms with E-state index in [-0.39, 0.29) is 23.0 Å². The minimum absolute atomic E-state index is 0.127. The molecule has 0 aromatic carbocycles. The predicted octanol–water partition coefficient (Wildman–Crippen LogP) is 2.72. The Morgan fingerprint density at radius 1 is 1.43 bits per heavy atom. The second kappa shape index (κ2) is 4.97. The summed E-state index contributed by atoms with van der Waals surface area (Å²) in [6.07, 6.45) is 6.78. The predicted molar refractivity (Wildman–Crippen MR) is 87.3 cm³/mol. The fourth-order valence-corrected chi connectivity index (χ4v) is 4.68. The van der Waals surface area contributed by atoms with Crippen molar-refractivity contribution in [2.75, 3.05) is 11.9 Å². The molecule has 2 amide bonds. The lowest BCUT2D eigenvalue weighted by atomic mass is 9.46. The van der Waals surface area contributed by atoms with Gasteiger partial charge in [0, 0.05) is 30.0 Å². The van der Waals surface area contributed by atoms with E-state index >= 15 is 0 Å². The Morgan fingerprint density at radius 3 is 2.87 bits per heavy atom. The van der Waals surface area contributed by atoms with E-state index in [1.165, 1.54) is 19.3 Å². The van der Waals surface area contributed by atoms with Crippen molar-refractivity contribution >= 4 is 11.8 Å². The molecule has 6 nitrogen and oxygen atoms in total. The first kappa shape index (κ1) is 15.0. The van der Waals surface area contributed by atoms with Gasteiger partial charge in [-0.3, -0.25) is 5.32 Å². The minimum Gasteiger partial charge on any atom is -0.377 e. The summed E-state index contributed by atoms with van der Waals surface area (Å²) in [5.41, 5.74) is 0.0466. The number of aromatic nitrogens is 2. The highest BCUT2D eigenvalue weighted by molar-refractivity contribution is 5.88. The van der Waals surface area contributed by atoms with Crippen LogP contribution in [0, 0.1) is 11.3 Å². The third-order valence-electron chi connectivity index (χ3n) is 5.84. The number of nitrogens with one attached hydrogen (secondary N) is 2. The van der Waals surface area contributed by atoms with Gasteiger partial charge in [-0.05, 0) is 40.0 Å². The molecule has 1 saturated heterocycles. The zero-order chi connectivity index (χ0) is 16.2. The molecule has 1 aromatic rings. The molecule has 4 rings (SSSR count). The van der Waals surface area contributed by atoms with Crippen molar-refractivity contribution in [3.8, 4) is 0 Å². The second-order valence-electron chi connectivity index (χ2n) is 8.21. The lowest BCUT2D eigenvalue weighted by Crippen LogP contribution is -2.72. The van der Waals surface area contributed by atoms with E-state index in [1.54, 1.807) is 6.20 Å². The van der Waals surface area contributed by atoms with Crippen molar-refractivity contribution in [3.63, 3.8) is 0 Å². The van der Waals surface area contributed by atoms with E-state index in [2.05, 4.69) is 36.5 Å². The molecule has 3 aliphatic rings. The molecular formula is C17H26N4O2. The van der Waals surface area contributed by atoms with Crippen LogP contribution in [0.15, 0.2) is 12.3 Å². The van der Waals surface area contributed by atoms with Gasteiger partial charge in [0.05, 0.1) is 17.8 Å². The summed E-state index contributed by atoms with van der Waals surface area (Å²) < 4.78 is 7.75. The number of fused-ring (bicyclic) bond motifs is 2. The molecule has 1 spiro atoms. The lowest BCUT2D eigenvalue weighted by molar-refractivity contribution is -0.171. The van der Waals surface area contributed by atoms with Crippen LogP contribution in [0.4, 0.5) is 10.6 Å². The first-order valence-electron chi connectivity index (χ1n) is 8.65. The van der Waals surface area contributed by atoms with E-state index < -0.39 is 0 Å². The molecule has 2 heterocycles. The van der Waals surface area contributed by atoms with E-state index in [0.29, 0.717) is 12.0 Å². The number of carbonyl (C=O) groups excluding carboxylic acids is 1. The van der Waals surface area contributed by atoms with Crippen molar-refractivity contribution in [2.45, 2.75) is 64.1 Å². The van der Waals surface area contributed by atoms with Gasteiger partial charge in [0.15, 0.2) is 0 Å². The molecule has 126 valence electrons. The fourth-order valence-electron chi connectivity index (χ4n) is 4.68. The maximum atomic E-state index is 12.5. The summed E-state index contributed by atoms with van der Waals surface area (Å²) in [7, 11) is 0. The molecule has 2 N–H and O–H groups in total. The molecule has 23 heavy (non-hydrogen) atoms. The average Bonchev–Trinajstić information content (AvgIpc) is 3.01. The molecule has 0 radical (unpaired) electrons. The van der Waals surface area contributed by atoms with Crippen molar-refractivity contribution < 1.29 is 9.53 Å². The SMILES string of the molecule is CC(C)(C)n1nccc1NC(=O)N[C@@H]1[C@H]2CCO[C@@H]2C12CCC2. The topological polar surface area (TPSA) is 68.2 Å². The number of amides is 2. The summed E-state index contributed by atoms with van der Waals surface area (Å²) in [5.74, 6) is 1.23. The standard InChI is InChI=1S/C17H26N4O2/c1-16(2,3)21-12(5-9-18-21)19-15(22)20-13-11-6-10-23-14(11)17(13)7-4-8-17/h5,9,11,13-14H,4,6-8,10H2,1-3H3,(H2,19,20,22)/t11-,13-,14+/m1/s1. The highest BCUT2D eigenvalue weighted by Crippen LogP contribution is 2.62. The van der Waals surface area contributed by atoms with Crippen molar-refractivity contribution in [1.82, 2.24) is 15.1 Å². The van der Waals surface area contributed by atoms with Crippen LogP contribution in [0.25, 0.3) is 0 Å². The van der Waals surface area contributed by atoms with E-state index in [0.717, 1.165) is 18.8 Å². The maximum Gasteiger partial charge on any atom is 0.320 e.